The average Bonchev–Trinajstić information content (AvgIpc) is 2.87. The van der Waals surface area contributed by atoms with E-state index >= 15 is 0 Å². The van der Waals surface area contributed by atoms with Gasteiger partial charge < -0.3 is 14.8 Å². The lowest BCUT2D eigenvalue weighted by Gasteiger charge is -2.13. The summed E-state index contributed by atoms with van der Waals surface area (Å²) in [5, 5.41) is 14.6. The number of rotatable bonds is 7. The molecule has 4 aromatic carbocycles. The zero-order valence-corrected chi connectivity index (χ0v) is 20.0. The monoisotopic (exact) mass is 512 g/mol. The molecule has 6 heteroatoms. The third-order valence-electron chi connectivity index (χ3n) is 5.19. The molecule has 0 bridgehead atoms. The highest BCUT2D eigenvalue weighted by Crippen LogP contribution is 2.35. The molecule has 1 N–H and O–H groups in total. The number of nitriles is 1. The zero-order valence-electron chi connectivity index (χ0n) is 18.4. The molecule has 0 fully saturated rings. The lowest BCUT2D eigenvalue weighted by Crippen LogP contribution is -2.13. The normalized spacial score (nSPS) is 11.0. The summed E-state index contributed by atoms with van der Waals surface area (Å²) in [5.74, 6) is 0.555. The van der Waals surface area contributed by atoms with Crippen LogP contribution in [0.1, 0.15) is 11.1 Å². The Labute approximate surface area is 206 Å². The van der Waals surface area contributed by atoms with Crippen molar-refractivity contribution < 1.29 is 14.3 Å². The Hall–Kier alpha value is -4.08. The van der Waals surface area contributed by atoms with Gasteiger partial charge in [-0.1, -0.05) is 70.5 Å². The first-order chi connectivity index (χ1) is 16.6. The number of nitrogens with zero attached hydrogens (tertiary/aromatic N) is 1. The van der Waals surface area contributed by atoms with Crippen LogP contribution in [0.4, 0.5) is 5.69 Å². The summed E-state index contributed by atoms with van der Waals surface area (Å²) in [4.78, 5) is 12.6. The van der Waals surface area contributed by atoms with Crippen LogP contribution in [0.3, 0.4) is 0 Å². The summed E-state index contributed by atoms with van der Waals surface area (Å²) < 4.78 is 12.2. The van der Waals surface area contributed by atoms with E-state index in [0.29, 0.717) is 33.8 Å². The summed E-state index contributed by atoms with van der Waals surface area (Å²) in [5.41, 5.74) is 2.24. The first kappa shape index (κ1) is 23.1. The third kappa shape index (κ3) is 5.45. The Balaban J connectivity index is 1.54. The number of halogens is 1. The standard InChI is InChI=1S/C28H21BrN2O3/c1-33-26-15-22(14-23(17-30)28(32)31-24-9-3-2-4-10-24)25(29)16-27(26)34-18-19-11-12-20-7-5-6-8-21(20)13-19/h2-16H,18H2,1H3,(H,31,32)/b23-14-. The highest BCUT2D eigenvalue weighted by atomic mass is 79.9. The topological polar surface area (TPSA) is 71.3 Å². The van der Waals surface area contributed by atoms with Crippen molar-refractivity contribution >= 4 is 44.4 Å². The Morgan fingerprint density at radius 2 is 1.71 bits per heavy atom. The molecule has 0 radical (unpaired) electrons. The van der Waals surface area contributed by atoms with Crippen LogP contribution >= 0.6 is 15.9 Å². The molecule has 0 aliphatic rings. The van der Waals surface area contributed by atoms with Gasteiger partial charge in [0.25, 0.3) is 5.91 Å². The fourth-order valence-corrected chi connectivity index (χ4v) is 3.88. The summed E-state index contributed by atoms with van der Waals surface area (Å²) in [6.07, 6.45) is 1.51. The van der Waals surface area contributed by atoms with E-state index < -0.39 is 5.91 Å². The van der Waals surface area contributed by atoms with E-state index in [1.54, 1.807) is 31.4 Å². The number of hydrogen-bond acceptors (Lipinski definition) is 4. The van der Waals surface area contributed by atoms with Gasteiger partial charge in [-0.2, -0.15) is 5.26 Å². The molecule has 0 aromatic heterocycles. The fourth-order valence-electron chi connectivity index (χ4n) is 3.45. The second kappa shape index (κ2) is 10.7. The Bertz CT molecular complexity index is 1410. The molecule has 0 saturated heterocycles. The van der Waals surface area contributed by atoms with Crippen LogP contribution in [0.25, 0.3) is 16.8 Å². The number of fused-ring (bicyclic) bond motifs is 1. The van der Waals surface area contributed by atoms with Gasteiger partial charge in [-0.15, -0.1) is 0 Å². The molecule has 34 heavy (non-hydrogen) atoms. The van der Waals surface area contributed by atoms with Crippen LogP contribution < -0.4 is 14.8 Å². The molecule has 4 rings (SSSR count). The average molecular weight is 513 g/mol. The number of amides is 1. The number of anilines is 1. The SMILES string of the molecule is COc1cc(/C=C(/C#N)C(=O)Nc2ccccc2)c(Br)cc1OCc1ccc2ccccc2c1. The van der Waals surface area contributed by atoms with Gasteiger partial charge in [-0.25, -0.2) is 0 Å². The minimum Gasteiger partial charge on any atom is -0.493 e. The number of nitrogens with one attached hydrogen (secondary N) is 1. The molecule has 5 nitrogen and oxygen atoms in total. The van der Waals surface area contributed by atoms with E-state index in [0.717, 1.165) is 10.9 Å². The van der Waals surface area contributed by atoms with Gasteiger partial charge in [0.2, 0.25) is 0 Å². The van der Waals surface area contributed by atoms with Gasteiger partial charge in [-0.05, 0) is 58.3 Å². The van der Waals surface area contributed by atoms with Crippen molar-refractivity contribution in [1.82, 2.24) is 0 Å². The predicted molar refractivity (Wildman–Crippen MR) is 138 cm³/mol. The number of ether oxygens (including phenoxy) is 2. The van der Waals surface area contributed by atoms with Gasteiger partial charge in [0.1, 0.15) is 18.2 Å². The summed E-state index contributed by atoms with van der Waals surface area (Å²) in [6.45, 7) is 0.367. The van der Waals surface area contributed by atoms with Crippen LogP contribution in [0, 0.1) is 11.3 Å². The van der Waals surface area contributed by atoms with Crippen LogP contribution in [-0.4, -0.2) is 13.0 Å². The second-order valence-electron chi connectivity index (χ2n) is 7.48. The molecule has 0 atom stereocenters. The number of hydrogen-bond donors (Lipinski definition) is 1. The van der Waals surface area contributed by atoms with Crippen molar-refractivity contribution in [2.75, 3.05) is 12.4 Å². The summed E-state index contributed by atoms with van der Waals surface area (Å²) >= 11 is 3.52. The number of benzene rings is 4. The number of para-hydroxylation sites is 1. The van der Waals surface area contributed by atoms with Crippen LogP contribution in [0.15, 0.2) is 95.0 Å². The van der Waals surface area contributed by atoms with E-state index in [2.05, 4.69) is 45.5 Å². The van der Waals surface area contributed by atoms with Gasteiger partial charge in [-0.3, -0.25) is 4.79 Å². The van der Waals surface area contributed by atoms with Crippen molar-refractivity contribution in [2.45, 2.75) is 6.61 Å². The largest absolute Gasteiger partial charge is 0.493 e. The number of carbonyl (C=O) groups excluding carboxylic acids is 1. The fraction of sp³-hybridized carbons (Fsp3) is 0.0714. The quantitative estimate of drug-likeness (QED) is 0.220. The maximum atomic E-state index is 12.6. The molecular formula is C28H21BrN2O3. The molecule has 0 aliphatic heterocycles. The van der Waals surface area contributed by atoms with E-state index in [-0.39, 0.29) is 5.57 Å². The van der Waals surface area contributed by atoms with Gasteiger partial charge in [0.05, 0.1) is 7.11 Å². The minimum atomic E-state index is -0.490. The summed E-state index contributed by atoms with van der Waals surface area (Å²) in [6, 6.07) is 28.8. The van der Waals surface area contributed by atoms with E-state index in [1.165, 1.54) is 11.5 Å². The predicted octanol–water partition coefficient (Wildman–Crippen LogP) is 6.74. The molecule has 0 heterocycles. The van der Waals surface area contributed by atoms with E-state index in [4.69, 9.17) is 9.47 Å². The second-order valence-corrected chi connectivity index (χ2v) is 8.34. The number of carbonyl (C=O) groups is 1. The lowest BCUT2D eigenvalue weighted by atomic mass is 10.1. The minimum absolute atomic E-state index is 0.0311. The van der Waals surface area contributed by atoms with Crippen molar-refractivity contribution in [2.24, 2.45) is 0 Å². The molecule has 4 aromatic rings. The zero-order chi connectivity index (χ0) is 23.9. The summed E-state index contributed by atoms with van der Waals surface area (Å²) in [7, 11) is 1.55. The van der Waals surface area contributed by atoms with Crippen molar-refractivity contribution in [3.05, 3.63) is 106 Å². The molecule has 0 aliphatic carbocycles. The van der Waals surface area contributed by atoms with Crippen molar-refractivity contribution in [3.63, 3.8) is 0 Å². The van der Waals surface area contributed by atoms with Crippen molar-refractivity contribution in [3.8, 4) is 17.6 Å². The van der Waals surface area contributed by atoms with Crippen LogP contribution in [-0.2, 0) is 11.4 Å². The van der Waals surface area contributed by atoms with Crippen LogP contribution in [0.5, 0.6) is 11.5 Å². The Kier molecular flexibility index (Phi) is 7.26. The molecule has 0 saturated carbocycles. The van der Waals surface area contributed by atoms with Crippen LogP contribution in [0.2, 0.25) is 0 Å². The van der Waals surface area contributed by atoms with Gasteiger partial charge in [0, 0.05) is 10.2 Å². The Morgan fingerprint density at radius 1 is 0.971 bits per heavy atom. The molecule has 0 unspecified atom stereocenters. The highest BCUT2D eigenvalue weighted by molar-refractivity contribution is 9.10. The van der Waals surface area contributed by atoms with Gasteiger partial charge in [0.15, 0.2) is 11.5 Å². The number of methoxy groups -OCH3 is 1. The highest BCUT2D eigenvalue weighted by Gasteiger charge is 2.14. The molecule has 1 amide bonds. The third-order valence-corrected chi connectivity index (χ3v) is 5.87. The lowest BCUT2D eigenvalue weighted by molar-refractivity contribution is -0.112. The maximum Gasteiger partial charge on any atom is 0.266 e. The van der Waals surface area contributed by atoms with Crippen molar-refractivity contribution in [1.29, 1.82) is 5.26 Å². The maximum absolute atomic E-state index is 12.6. The molecule has 0 spiro atoms. The van der Waals surface area contributed by atoms with Gasteiger partial charge >= 0.3 is 0 Å². The van der Waals surface area contributed by atoms with E-state index in [9.17, 15) is 10.1 Å². The first-order valence-corrected chi connectivity index (χ1v) is 11.3. The first-order valence-electron chi connectivity index (χ1n) is 10.5. The molecular weight excluding hydrogens is 492 g/mol. The smallest absolute Gasteiger partial charge is 0.266 e. The van der Waals surface area contributed by atoms with E-state index in [1.807, 2.05) is 42.5 Å². The Morgan fingerprint density at radius 3 is 2.44 bits per heavy atom. The molecule has 168 valence electrons.